The molecule has 2 atom stereocenters. The van der Waals surface area contributed by atoms with E-state index in [4.69, 9.17) is 16.3 Å². The van der Waals surface area contributed by atoms with Crippen LogP contribution in [0.5, 0.6) is 0 Å². The molecule has 1 heterocycles. The normalized spacial score (nSPS) is 26.9. The van der Waals surface area contributed by atoms with Gasteiger partial charge in [0.15, 0.2) is 0 Å². The highest BCUT2D eigenvalue weighted by atomic mass is 79.9. The minimum absolute atomic E-state index is 0.0301. The molecule has 0 amide bonds. The van der Waals surface area contributed by atoms with Crippen molar-refractivity contribution in [2.45, 2.75) is 50.2 Å². The van der Waals surface area contributed by atoms with Gasteiger partial charge in [0.05, 0.1) is 11.7 Å². The summed E-state index contributed by atoms with van der Waals surface area (Å²) in [6.07, 6.45) is 6.15. The van der Waals surface area contributed by atoms with Crippen molar-refractivity contribution in [2.24, 2.45) is 5.92 Å². The van der Waals surface area contributed by atoms with Gasteiger partial charge in [-0.25, -0.2) is 0 Å². The first-order chi connectivity index (χ1) is 9.60. The molecule has 1 aliphatic carbocycles. The topological polar surface area (TPSA) is 29.5 Å². The molecule has 1 aromatic rings. The van der Waals surface area contributed by atoms with E-state index in [1.807, 2.05) is 18.2 Å². The second-order valence-corrected chi connectivity index (χ2v) is 7.43. The Balaban J connectivity index is 1.79. The number of halogens is 2. The van der Waals surface area contributed by atoms with Gasteiger partial charge in [-0.3, -0.25) is 0 Å². The van der Waals surface area contributed by atoms with Gasteiger partial charge in [-0.15, -0.1) is 0 Å². The number of aliphatic hydroxyl groups excluding tert-OH is 1. The minimum atomic E-state index is -0.499. The lowest BCUT2D eigenvalue weighted by Crippen LogP contribution is -2.39. The molecule has 1 aliphatic heterocycles. The summed E-state index contributed by atoms with van der Waals surface area (Å²) in [5, 5.41) is 11.4. The lowest BCUT2D eigenvalue weighted by molar-refractivity contribution is -0.113. The molecule has 2 aliphatic rings. The SMILES string of the molecule is OC(c1cc(Br)ccc1Cl)C1CCOC2(CCCC2)C1. The van der Waals surface area contributed by atoms with Crippen LogP contribution in [-0.4, -0.2) is 17.3 Å². The van der Waals surface area contributed by atoms with Crippen molar-refractivity contribution >= 4 is 27.5 Å². The fraction of sp³-hybridized carbons (Fsp3) is 0.625. The van der Waals surface area contributed by atoms with E-state index in [1.54, 1.807) is 0 Å². The van der Waals surface area contributed by atoms with Gasteiger partial charge in [-0.1, -0.05) is 40.4 Å². The molecule has 1 saturated carbocycles. The molecule has 2 unspecified atom stereocenters. The van der Waals surface area contributed by atoms with Crippen LogP contribution in [0.15, 0.2) is 22.7 Å². The molecule has 110 valence electrons. The summed E-state index contributed by atoms with van der Waals surface area (Å²) >= 11 is 9.70. The average Bonchev–Trinajstić information content (AvgIpc) is 2.88. The third-order valence-electron chi connectivity index (χ3n) is 4.77. The zero-order chi connectivity index (χ0) is 14.2. The molecule has 0 radical (unpaired) electrons. The standard InChI is InChI=1S/C16H20BrClO2/c17-12-3-4-14(18)13(9-12)15(19)11-5-8-20-16(10-11)6-1-2-7-16/h3-4,9,11,15,19H,1-2,5-8,10H2. The van der Waals surface area contributed by atoms with Crippen molar-refractivity contribution in [3.63, 3.8) is 0 Å². The van der Waals surface area contributed by atoms with E-state index in [9.17, 15) is 5.11 Å². The average molecular weight is 360 g/mol. The second-order valence-electron chi connectivity index (χ2n) is 6.10. The van der Waals surface area contributed by atoms with E-state index in [2.05, 4.69) is 15.9 Å². The smallest absolute Gasteiger partial charge is 0.0834 e. The molecule has 2 fully saturated rings. The summed E-state index contributed by atoms with van der Waals surface area (Å²) in [6.45, 7) is 0.757. The number of rotatable bonds is 2. The van der Waals surface area contributed by atoms with E-state index in [0.29, 0.717) is 5.02 Å². The van der Waals surface area contributed by atoms with E-state index in [-0.39, 0.29) is 11.5 Å². The van der Waals surface area contributed by atoms with Crippen molar-refractivity contribution in [3.05, 3.63) is 33.3 Å². The van der Waals surface area contributed by atoms with Crippen molar-refractivity contribution in [1.29, 1.82) is 0 Å². The van der Waals surface area contributed by atoms with Crippen LogP contribution in [0.25, 0.3) is 0 Å². The van der Waals surface area contributed by atoms with Gasteiger partial charge in [0.1, 0.15) is 0 Å². The Kier molecular flexibility index (Phi) is 4.42. The molecule has 4 heteroatoms. The van der Waals surface area contributed by atoms with Crippen LogP contribution in [0, 0.1) is 5.92 Å². The first-order valence-corrected chi connectivity index (χ1v) is 8.54. The zero-order valence-electron chi connectivity index (χ0n) is 11.4. The number of benzene rings is 1. The Bertz CT molecular complexity index is 485. The number of aliphatic hydroxyl groups is 1. The van der Waals surface area contributed by atoms with Crippen molar-refractivity contribution in [3.8, 4) is 0 Å². The zero-order valence-corrected chi connectivity index (χ0v) is 13.8. The monoisotopic (exact) mass is 358 g/mol. The van der Waals surface area contributed by atoms with Crippen LogP contribution in [-0.2, 0) is 4.74 Å². The Morgan fingerprint density at radius 3 is 2.85 bits per heavy atom. The largest absolute Gasteiger partial charge is 0.388 e. The molecule has 0 aromatic heterocycles. The van der Waals surface area contributed by atoms with Crippen LogP contribution < -0.4 is 0 Å². The fourth-order valence-corrected chi connectivity index (χ4v) is 4.31. The molecule has 3 rings (SSSR count). The Labute approximate surface area is 133 Å². The maximum absolute atomic E-state index is 10.7. The van der Waals surface area contributed by atoms with E-state index >= 15 is 0 Å². The predicted molar refractivity (Wildman–Crippen MR) is 84.0 cm³/mol. The maximum Gasteiger partial charge on any atom is 0.0834 e. The van der Waals surface area contributed by atoms with Gasteiger partial charge in [-0.2, -0.15) is 0 Å². The minimum Gasteiger partial charge on any atom is -0.388 e. The van der Waals surface area contributed by atoms with Crippen LogP contribution >= 0.6 is 27.5 Å². The first-order valence-electron chi connectivity index (χ1n) is 7.37. The molecule has 1 spiro atoms. The van der Waals surface area contributed by atoms with Crippen LogP contribution in [0.1, 0.15) is 50.2 Å². The van der Waals surface area contributed by atoms with Gasteiger partial charge in [0.2, 0.25) is 0 Å². The van der Waals surface area contributed by atoms with Gasteiger partial charge in [0, 0.05) is 21.7 Å². The van der Waals surface area contributed by atoms with Gasteiger partial charge >= 0.3 is 0 Å². The molecular formula is C16H20BrClO2. The lowest BCUT2D eigenvalue weighted by atomic mass is 9.80. The van der Waals surface area contributed by atoms with Crippen molar-refractivity contribution in [2.75, 3.05) is 6.61 Å². The van der Waals surface area contributed by atoms with Crippen LogP contribution in [0.4, 0.5) is 0 Å². The highest BCUT2D eigenvalue weighted by Gasteiger charge is 2.42. The van der Waals surface area contributed by atoms with Gasteiger partial charge in [0.25, 0.3) is 0 Å². The summed E-state index contributed by atoms with van der Waals surface area (Å²) < 4.78 is 7.00. The van der Waals surface area contributed by atoms with Crippen molar-refractivity contribution < 1.29 is 9.84 Å². The number of ether oxygens (including phenoxy) is 1. The first kappa shape index (κ1) is 14.8. The molecule has 1 saturated heterocycles. The van der Waals surface area contributed by atoms with E-state index in [1.165, 1.54) is 12.8 Å². The highest BCUT2D eigenvalue weighted by Crippen LogP contribution is 2.46. The summed E-state index contributed by atoms with van der Waals surface area (Å²) in [5.41, 5.74) is 0.864. The van der Waals surface area contributed by atoms with E-state index < -0.39 is 6.10 Å². The predicted octanol–water partition coefficient (Wildman–Crippen LogP) is 4.88. The summed E-state index contributed by atoms with van der Waals surface area (Å²) in [5.74, 6) is 0.244. The quantitative estimate of drug-likeness (QED) is 0.816. The third kappa shape index (κ3) is 2.92. The van der Waals surface area contributed by atoms with Crippen LogP contribution in [0.3, 0.4) is 0 Å². The number of hydrogen-bond donors (Lipinski definition) is 1. The Morgan fingerprint density at radius 1 is 1.35 bits per heavy atom. The molecule has 2 nitrogen and oxygen atoms in total. The molecular weight excluding hydrogens is 340 g/mol. The molecule has 1 N–H and O–H groups in total. The van der Waals surface area contributed by atoms with Gasteiger partial charge in [-0.05, 0) is 49.8 Å². The van der Waals surface area contributed by atoms with Gasteiger partial charge < -0.3 is 9.84 Å². The summed E-state index contributed by atoms with van der Waals surface area (Å²) in [7, 11) is 0. The van der Waals surface area contributed by atoms with Crippen molar-refractivity contribution in [1.82, 2.24) is 0 Å². The fourth-order valence-electron chi connectivity index (χ4n) is 3.70. The molecule has 1 aromatic carbocycles. The van der Waals surface area contributed by atoms with Crippen LogP contribution in [0.2, 0.25) is 5.02 Å². The Hall–Kier alpha value is -0.0900. The molecule has 0 bridgehead atoms. The summed E-state index contributed by atoms with van der Waals surface area (Å²) in [6, 6.07) is 5.68. The second kappa shape index (κ2) is 5.96. The third-order valence-corrected chi connectivity index (χ3v) is 5.61. The molecule has 20 heavy (non-hydrogen) atoms. The summed E-state index contributed by atoms with van der Waals surface area (Å²) in [4.78, 5) is 0. The number of hydrogen-bond acceptors (Lipinski definition) is 2. The lowest BCUT2D eigenvalue weighted by Gasteiger charge is -2.40. The van der Waals surface area contributed by atoms with E-state index in [0.717, 1.165) is 42.3 Å². The highest BCUT2D eigenvalue weighted by molar-refractivity contribution is 9.10. The Morgan fingerprint density at radius 2 is 2.10 bits per heavy atom. The maximum atomic E-state index is 10.7.